The predicted molar refractivity (Wildman–Crippen MR) is 69.8 cm³/mol. The Labute approximate surface area is 105 Å². The van der Waals surface area contributed by atoms with Gasteiger partial charge in [-0.25, -0.2) is 0 Å². The molecular formula is C13H18BrNO. The lowest BCUT2D eigenvalue weighted by Crippen LogP contribution is -2.05. The molecule has 16 heavy (non-hydrogen) atoms. The van der Waals surface area contributed by atoms with Crippen molar-refractivity contribution < 1.29 is 4.74 Å². The fourth-order valence-electron chi connectivity index (χ4n) is 2.75. The Bertz CT molecular complexity index is 403. The third-order valence-electron chi connectivity index (χ3n) is 3.85. The fourth-order valence-corrected chi connectivity index (χ4v) is 3.35. The molecule has 0 heterocycles. The number of rotatable bonds is 3. The van der Waals surface area contributed by atoms with E-state index in [1.54, 1.807) is 7.11 Å². The molecule has 3 heteroatoms. The standard InChI is InChI=1S/C13H18BrNO/c1-13(2)8(7-15)12(13)11-9(14)5-4-6-10(11)16-3/h4-6,8,12H,7,15H2,1-3H3/t8-,12+/m0/s1. The van der Waals surface area contributed by atoms with Crippen LogP contribution < -0.4 is 10.5 Å². The van der Waals surface area contributed by atoms with Crippen molar-refractivity contribution in [2.24, 2.45) is 17.1 Å². The van der Waals surface area contributed by atoms with Gasteiger partial charge in [-0.1, -0.05) is 35.8 Å². The Morgan fingerprint density at radius 3 is 2.62 bits per heavy atom. The molecule has 0 radical (unpaired) electrons. The fraction of sp³-hybridized carbons (Fsp3) is 0.538. The molecule has 88 valence electrons. The quantitative estimate of drug-likeness (QED) is 0.925. The van der Waals surface area contributed by atoms with Gasteiger partial charge in [-0.2, -0.15) is 0 Å². The molecule has 2 atom stereocenters. The van der Waals surface area contributed by atoms with Gasteiger partial charge >= 0.3 is 0 Å². The van der Waals surface area contributed by atoms with Crippen LogP contribution in [0.5, 0.6) is 5.75 Å². The Morgan fingerprint density at radius 2 is 2.12 bits per heavy atom. The first kappa shape index (κ1) is 11.9. The van der Waals surface area contributed by atoms with E-state index in [1.165, 1.54) is 5.56 Å². The Kier molecular flexibility index (Phi) is 3.01. The van der Waals surface area contributed by atoms with Gasteiger partial charge in [-0.3, -0.25) is 0 Å². The van der Waals surface area contributed by atoms with Crippen LogP contribution in [0.3, 0.4) is 0 Å². The largest absolute Gasteiger partial charge is 0.496 e. The maximum Gasteiger partial charge on any atom is 0.123 e. The van der Waals surface area contributed by atoms with Crippen LogP contribution in [-0.4, -0.2) is 13.7 Å². The predicted octanol–water partition coefficient (Wildman–Crippen LogP) is 3.16. The maximum absolute atomic E-state index is 5.82. The Balaban J connectivity index is 2.42. The Hall–Kier alpha value is -0.540. The summed E-state index contributed by atoms with van der Waals surface area (Å²) in [6, 6.07) is 6.08. The number of hydrogen-bond acceptors (Lipinski definition) is 2. The van der Waals surface area contributed by atoms with Gasteiger partial charge < -0.3 is 10.5 Å². The van der Waals surface area contributed by atoms with Gasteiger partial charge in [-0.15, -0.1) is 0 Å². The van der Waals surface area contributed by atoms with E-state index < -0.39 is 0 Å². The molecule has 1 aliphatic carbocycles. The van der Waals surface area contributed by atoms with E-state index in [2.05, 4.69) is 35.8 Å². The maximum atomic E-state index is 5.82. The van der Waals surface area contributed by atoms with Crippen LogP contribution in [0.15, 0.2) is 22.7 Å². The molecule has 2 rings (SSSR count). The summed E-state index contributed by atoms with van der Waals surface area (Å²) in [7, 11) is 1.72. The number of benzene rings is 1. The zero-order valence-electron chi connectivity index (χ0n) is 9.96. The number of methoxy groups -OCH3 is 1. The van der Waals surface area contributed by atoms with E-state index in [0.717, 1.165) is 16.8 Å². The van der Waals surface area contributed by atoms with Crippen molar-refractivity contribution >= 4 is 15.9 Å². The minimum Gasteiger partial charge on any atom is -0.496 e. The monoisotopic (exact) mass is 283 g/mol. The van der Waals surface area contributed by atoms with Gasteiger partial charge in [0.15, 0.2) is 0 Å². The third kappa shape index (κ3) is 1.66. The van der Waals surface area contributed by atoms with Crippen molar-refractivity contribution in [2.75, 3.05) is 13.7 Å². The molecule has 1 saturated carbocycles. The van der Waals surface area contributed by atoms with Crippen molar-refractivity contribution in [3.05, 3.63) is 28.2 Å². The zero-order valence-corrected chi connectivity index (χ0v) is 11.5. The number of ether oxygens (including phenoxy) is 1. The summed E-state index contributed by atoms with van der Waals surface area (Å²) in [6.45, 7) is 5.28. The molecule has 1 fully saturated rings. The average molecular weight is 284 g/mol. The van der Waals surface area contributed by atoms with Gasteiger partial charge in [0.1, 0.15) is 5.75 Å². The van der Waals surface area contributed by atoms with E-state index in [-0.39, 0.29) is 5.41 Å². The van der Waals surface area contributed by atoms with Gasteiger partial charge in [0.25, 0.3) is 0 Å². The highest BCUT2D eigenvalue weighted by molar-refractivity contribution is 9.10. The summed E-state index contributed by atoms with van der Waals surface area (Å²) in [5, 5.41) is 0. The highest BCUT2D eigenvalue weighted by Gasteiger charge is 2.58. The lowest BCUT2D eigenvalue weighted by Gasteiger charge is -2.11. The molecule has 0 aliphatic heterocycles. The molecule has 0 spiro atoms. The van der Waals surface area contributed by atoms with E-state index >= 15 is 0 Å². The minimum atomic E-state index is 0.284. The van der Waals surface area contributed by atoms with Crippen molar-refractivity contribution in [2.45, 2.75) is 19.8 Å². The van der Waals surface area contributed by atoms with Gasteiger partial charge in [0.05, 0.1) is 7.11 Å². The summed E-state index contributed by atoms with van der Waals surface area (Å²) in [4.78, 5) is 0. The number of hydrogen-bond donors (Lipinski definition) is 1. The average Bonchev–Trinajstić information content (AvgIpc) is 2.79. The van der Waals surface area contributed by atoms with E-state index in [0.29, 0.717) is 11.8 Å². The zero-order chi connectivity index (χ0) is 11.9. The van der Waals surface area contributed by atoms with E-state index in [4.69, 9.17) is 10.5 Å². The molecule has 2 N–H and O–H groups in total. The SMILES string of the molecule is COc1cccc(Br)c1[C@H]1[C@H](CN)C1(C)C. The van der Waals surface area contributed by atoms with Crippen molar-refractivity contribution in [1.29, 1.82) is 0 Å². The molecule has 1 aromatic carbocycles. The topological polar surface area (TPSA) is 35.2 Å². The van der Waals surface area contributed by atoms with Crippen molar-refractivity contribution in [1.82, 2.24) is 0 Å². The van der Waals surface area contributed by atoms with E-state index in [9.17, 15) is 0 Å². The molecule has 1 aliphatic rings. The van der Waals surface area contributed by atoms with Gasteiger partial charge in [0.2, 0.25) is 0 Å². The minimum absolute atomic E-state index is 0.284. The summed E-state index contributed by atoms with van der Waals surface area (Å²) in [5.74, 6) is 2.02. The second kappa shape index (κ2) is 4.04. The first-order valence-electron chi connectivity index (χ1n) is 5.56. The molecular weight excluding hydrogens is 266 g/mol. The Morgan fingerprint density at radius 1 is 1.44 bits per heavy atom. The summed E-state index contributed by atoms with van der Waals surface area (Å²) in [6.07, 6.45) is 0. The lowest BCUT2D eigenvalue weighted by atomic mass is 10.0. The van der Waals surface area contributed by atoms with Crippen LogP contribution in [0, 0.1) is 11.3 Å². The molecule has 0 bridgehead atoms. The van der Waals surface area contributed by atoms with Crippen LogP contribution in [0.1, 0.15) is 25.3 Å². The first-order valence-corrected chi connectivity index (χ1v) is 6.35. The molecule has 1 aromatic rings. The van der Waals surface area contributed by atoms with Crippen LogP contribution in [0.2, 0.25) is 0 Å². The van der Waals surface area contributed by atoms with Crippen LogP contribution in [0.25, 0.3) is 0 Å². The number of nitrogens with two attached hydrogens (primary N) is 1. The lowest BCUT2D eigenvalue weighted by molar-refractivity contribution is 0.407. The smallest absolute Gasteiger partial charge is 0.123 e. The summed E-state index contributed by atoms with van der Waals surface area (Å²) in [5.41, 5.74) is 7.38. The number of halogens is 1. The third-order valence-corrected chi connectivity index (χ3v) is 4.54. The van der Waals surface area contributed by atoms with Gasteiger partial charge in [0, 0.05) is 10.0 Å². The normalized spacial score (nSPS) is 26.6. The molecule has 0 aromatic heterocycles. The molecule has 0 unspecified atom stereocenters. The second-order valence-electron chi connectivity index (χ2n) is 5.00. The molecule has 0 amide bonds. The first-order chi connectivity index (χ1) is 7.54. The highest BCUT2D eigenvalue weighted by Crippen LogP contribution is 2.66. The van der Waals surface area contributed by atoms with Crippen molar-refractivity contribution in [3.8, 4) is 5.75 Å². The molecule has 2 nitrogen and oxygen atoms in total. The highest BCUT2D eigenvalue weighted by atomic mass is 79.9. The van der Waals surface area contributed by atoms with E-state index in [1.807, 2.05) is 12.1 Å². The summed E-state index contributed by atoms with van der Waals surface area (Å²) < 4.78 is 6.57. The van der Waals surface area contributed by atoms with Gasteiger partial charge in [-0.05, 0) is 35.9 Å². The van der Waals surface area contributed by atoms with Crippen molar-refractivity contribution in [3.63, 3.8) is 0 Å². The van der Waals surface area contributed by atoms with Crippen LogP contribution in [-0.2, 0) is 0 Å². The summed E-state index contributed by atoms with van der Waals surface area (Å²) >= 11 is 3.62. The van der Waals surface area contributed by atoms with Crippen LogP contribution in [0.4, 0.5) is 0 Å². The molecule has 0 saturated heterocycles. The second-order valence-corrected chi connectivity index (χ2v) is 5.85. The van der Waals surface area contributed by atoms with Crippen LogP contribution >= 0.6 is 15.9 Å².